The monoisotopic (exact) mass is 404 g/mol. The van der Waals surface area contributed by atoms with Crippen LogP contribution in [0.1, 0.15) is 18.4 Å². The Balaban J connectivity index is 1.37. The van der Waals surface area contributed by atoms with Crippen molar-refractivity contribution in [2.45, 2.75) is 19.4 Å². The fraction of sp³-hybridized carbons (Fsp3) is 0.240. The highest BCUT2D eigenvalue weighted by Crippen LogP contribution is 2.29. The first-order valence-corrected chi connectivity index (χ1v) is 10.5. The Bertz CT molecular complexity index is 965. The standard InChI is InChI=1S/C25H25ClN2O/c26-23-12-6-4-10-21(23)18-28-16-14-20(15-17-28)25(29)27-24-13-7-5-11-22(24)19-8-2-1-3-9-19/h1-13,20H,14-18H2,(H,27,29). The molecule has 0 saturated carbocycles. The Morgan fingerprint density at radius 3 is 2.31 bits per heavy atom. The van der Waals surface area contributed by atoms with Crippen LogP contribution in [0.4, 0.5) is 5.69 Å². The van der Waals surface area contributed by atoms with E-state index in [0.717, 1.165) is 59.9 Å². The zero-order valence-electron chi connectivity index (χ0n) is 16.4. The lowest BCUT2D eigenvalue weighted by Crippen LogP contribution is -2.37. The number of piperidine rings is 1. The van der Waals surface area contributed by atoms with Crippen LogP contribution in [-0.4, -0.2) is 23.9 Å². The minimum absolute atomic E-state index is 0.0429. The van der Waals surface area contributed by atoms with Gasteiger partial charge in [-0.2, -0.15) is 0 Å². The average molecular weight is 405 g/mol. The maximum atomic E-state index is 12.9. The van der Waals surface area contributed by atoms with E-state index in [1.54, 1.807) is 0 Å². The van der Waals surface area contributed by atoms with Gasteiger partial charge in [0.2, 0.25) is 5.91 Å². The number of rotatable bonds is 5. The first-order chi connectivity index (χ1) is 14.2. The number of halogens is 1. The molecule has 1 heterocycles. The fourth-order valence-electron chi connectivity index (χ4n) is 3.92. The lowest BCUT2D eigenvalue weighted by molar-refractivity contribution is -0.121. The fourth-order valence-corrected chi connectivity index (χ4v) is 4.11. The highest BCUT2D eigenvalue weighted by atomic mass is 35.5. The topological polar surface area (TPSA) is 32.3 Å². The first kappa shape index (κ1) is 19.7. The molecule has 0 aliphatic carbocycles. The molecule has 4 heteroatoms. The lowest BCUT2D eigenvalue weighted by atomic mass is 9.95. The van der Waals surface area contributed by atoms with Crippen LogP contribution in [0, 0.1) is 5.92 Å². The van der Waals surface area contributed by atoms with Gasteiger partial charge >= 0.3 is 0 Å². The third-order valence-electron chi connectivity index (χ3n) is 5.58. The Morgan fingerprint density at radius 1 is 0.897 bits per heavy atom. The number of carbonyl (C=O) groups excluding carboxylic acids is 1. The first-order valence-electron chi connectivity index (χ1n) is 10.1. The summed E-state index contributed by atoms with van der Waals surface area (Å²) in [7, 11) is 0. The highest BCUT2D eigenvalue weighted by molar-refractivity contribution is 6.31. The molecule has 3 aromatic rings. The van der Waals surface area contributed by atoms with Crippen molar-refractivity contribution in [1.82, 2.24) is 4.90 Å². The second-order valence-electron chi connectivity index (χ2n) is 7.54. The van der Waals surface area contributed by atoms with Crippen LogP contribution in [0.5, 0.6) is 0 Å². The molecule has 0 spiro atoms. The molecule has 1 saturated heterocycles. The molecule has 148 valence electrons. The van der Waals surface area contributed by atoms with Gasteiger partial charge in [0.25, 0.3) is 0 Å². The van der Waals surface area contributed by atoms with Crippen molar-refractivity contribution < 1.29 is 4.79 Å². The maximum Gasteiger partial charge on any atom is 0.227 e. The second-order valence-corrected chi connectivity index (χ2v) is 7.95. The van der Waals surface area contributed by atoms with Gasteiger partial charge in [0, 0.05) is 28.7 Å². The number of nitrogens with one attached hydrogen (secondary N) is 1. The number of para-hydroxylation sites is 1. The summed E-state index contributed by atoms with van der Waals surface area (Å²) < 4.78 is 0. The third-order valence-corrected chi connectivity index (χ3v) is 5.95. The Hall–Kier alpha value is -2.62. The van der Waals surface area contributed by atoms with E-state index < -0.39 is 0 Å². The highest BCUT2D eigenvalue weighted by Gasteiger charge is 2.25. The number of benzene rings is 3. The van der Waals surface area contributed by atoms with E-state index in [1.807, 2.05) is 54.6 Å². The summed E-state index contributed by atoms with van der Waals surface area (Å²) in [6.45, 7) is 2.65. The summed E-state index contributed by atoms with van der Waals surface area (Å²) in [6, 6.07) is 26.1. The van der Waals surface area contributed by atoms with Crippen molar-refractivity contribution >= 4 is 23.2 Å². The van der Waals surface area contributed by atoms with Crippen LogP contribution >= 0.6 is 11.6 Å². The van der Waals surface area contributed by atoms with Gasteiger partial charge < -0.3 is 5.32 Å². The summed E-state index contributed by atoms with van der Waals surface area (Å²) in [4.78, 5) is 15.3. The van der Waals surface area contributed by atoms with Gasteiger partial charge in [0.15, 0.2) is 0 Å². The normalized spacial score (nSPS) is 15.2. The van der Waals surface area contributed by atoms with Gasteiger partial charge in [-0.25, -0.2) is 0 Å². The lowest BCUT2D eigenvalue weighted by Gasteiger charge is -2.31. The number of anilines is 1. The minimum Gasteiger partial charge on any atom is -0.325 e. The van der Waals surface area contributed by atoms with Crippen LogP contribution in [0.25, 0.3) is 11.1 Å². The van der Waals surface area contributed by atoms with Crippen molar-refractivity contribution in [2.24, 2.45) is 5.92 Å². The van der Waals surface area contributed by atoms with E-state index in [2.05, 4.69) is 34.5 Å². The molecular formula is C25H25ClN2O. The third kappa shape index (κ3) is 4.87. The molecule has 1 fully saturated rings. The van der Waals surface area contributed by atoms with Gasteiger partial charge in [-0.05, 0) is 49.2 Å². The van der Waals surface area contributed by atoms with Gasteiger partial charge in [-0.3, -0.25) is 9.69 Å². The number of amides is 1. The largest absolute Gasteiger partial charge is 0.325 e. The van der Waals surface area contributed by atoms with E-state index in [-0.39, 0.29) is 11.8 Å². The van der Waals surface area contributed by atoms with Crippen LogP contribution in [-0.2, 0) is 11.3 Å². The predicted octanol–water partition coefficient (Wildman–Crippen LogP) is 5.86. The van der Waals surface area contributed by atoms with Crippen molar-refractivity contribution in [3.05, 3.63) is 89.4 Å². The van der Waals surface area contributed by atoms with Crippen LogP contribution in [0.15, 0.2) is 78.9 Å². The smallest absolute Gasteiger partial charge is 0.227 e. The van der Waals surface area contributed by atoms with Crippen LogP contribution in [0.2, 0.25) is 5.02 Å². The van der Waals surface area contributed by atoms with E-state index in [4.69, 9.17) is 11.6 Å². The van der Waals surface area contributed by atoms with Gasteiger partial charge in [-0.1, -0.05) is 78.3 Å². The summed E-state index contributed by atoms with van der Waals surface area (Å²) in [6.07, 6.45) is 1.73. The maximum absolute atomic E-state index is 12.9. The number of likely N-dealkylation sites (tertiary alicyclic amines) is 1. The van der Waals surface area contributed by atoms with Gasteiger partial charge in [0.1, 0.15) is 0 Å². The molecular weight excluding hydrogens is 380 g/mol. The zero-order chi connectivity index (χ0) is 20.1. The molecule has 1 aliphatic rings. The molecule has 0 bridgehead atoms. The Morgan fingerprint density at radius 2 is 1.55 bits per heavy atom. The second kappa shape index (κ2) is 9.25. The minimum atomic E-state index is 0.0429. The average Bonchev–Trinajstić information content (AvgIpc) is 2.77. The number of hydrogen-bond donors (Lipinski definition) is 1. The number of carbonyl (C=O) groups is 1. The van der Waals surface area contributed by atoms with Crippen molar-refractivity contribution in [3.8, 4) is 11.1 Å². The number of nitrogens with zero attached hydrogens (tertiary/aromatic N) is 1. The van der Waals surface area contributed by atoms with Gasteiger partial charge in [0.05, 0.1) is 0 Å². The molecule has 1 N–H and O–H groups in total. The molecule has 29 heavy (non-hydrogen) atoms. The molecule has 0 aromatic heterocycles. The molecule has 0 unspecified atom stereocenters. The molecule has 1 amide bonds. The molecule has 0 atom stereocenters. The molecule has 4 rings (SSSR count). The van der Waals surface area contributed by atoms with Crippen molar-refractivity contribution in [2.75, 3.05) is 18.4 Å². The van der Waals surface area contributed by atoms with E-state index in [0.29, 0.717) is 0 Å². The Kier molecular flexibility index (Phi) is 6.28. The van der Waals surface area contributed by atoms with Crippen molar-refractivity contribution in [3.63, 3.8) is 0 Å². The van der Waals surface area contributed by atoms with Crippen LogP contribution in [0.3, 0.4) is 0 Å². The number of hydrogen-bond acceptors (Lipinski definition) is 2. The summed E-state index contributed by atoms with van der Waals surface area (Å²) in [5.74, 6) is 0.159. The van der Waals surface area contributed by atoms with Gasteiger partial charge in [-0.15, -0.1) is 0 Å². The van der Waals surface area contributed by atoms with E-state index in [1.165, 1.54) is 0 Å². The van der Waals surface area contributed by atoms with Crippen molar-refractivity contribution in [1.29, 1.82) is 0 Å². The molecule has 3 aromatic carbocycles. The Labute approximate surface area is 177 Å². The predicted molar refractivity (Wildman–Crippen MR) is 120 cm³/mol. The quantitative estimate of drug-likeness (QED) is 0.577. The molecule has 0 radical (unpaired) electrons. The molecule has 3 nitrogen and oxygen atoms in total. The zero-order valence-corrected chi connectivity index (χ0v) is 17.1. The summed E-state index contributed by atoms with van der Waals surface area (Å²) in [5.41, 5.74) is 4.19. The SMILES string of the molecule is O=C(Nc1ccccc1-c1ccccc1)C1CCN(Cc2ccccc2Cl)CC1. The summed E-state index contributed by atoms with van der Waals surface area (Å²) in [5, 5.41) is 3.98. The van der Waals surface area contributed by atoms with Crippen LogP contribution < -0.4 is 5.32 Å². The van der Waals surface area contributed by atoms with E-state index in [9.17, 15) is 4.79 Å². The molecule has 1 aliphatic heterocycles. The van der Waals surface area contributed by atoms with E-state index >= 15 is 0 Å². The summed E-state index contributed by atoms with van der Waals surface area (Å²) >= 11 is 6.29.